The van der Waals surface area contributed by atoms with Crippen molar-refractivity contribution in [2.45, 2.75) is 13.0 Å². The minimum absolute atomic E-state index is 0.0854. The van der Waals surface area contributed by atoms with Crippen molar-refractivity contribution in [3.8, 4) is 0 Å². The monoisotopic (exact) mass is 463 g/mol. The van der Waals surface area contributed by atoms with Gasteiger partial charge in [0.05, 0.1) is 0 Å². The molecule has 1 aliphatic rings. The van der Waals surface area contributed by atoms with Crippen LogP contribution >= 0.6 is 27.5 Å². The Morgan fingerprint density at radius 2 is 1.61 bits per heavy atom. The largest absolute Gasteiger partial charge is 0.352 e. The molecular formula is C21H23BrClN3O2. The summed E-state index contributed by atoms with van der Waals surface area (Å²) in [4.78, 5) is 28.7. The SMILES string of the molecule is O=C(NCCC(=O)N1CCN(Cc2ccc(Cl)cc2)CC1)c1ccc(Br)cc1. The van der Waals surface area contributed by atoms with E-state index < -0.39 is 0 Å². The summed E-state index contributed by atoms with van der Waals surface area (Å²) in [5.74, 6) is -0.0738. The van der Waals surface area contributed by atoms with Crippen LogP contribution in [0.1, 0.15) is 22.3 Å². The van der Waals surface area contributed by atoms with Gasteiger partial charge in [-0.15, -0.1) is 0 Å². The first-order chi connectivity index (χ1) is 13.5. The van der Waals surface area contributed by atoms with Crippen LogP contribution in [0.5, 0.6) is 0 Å². The van der Waals surface area contributed by atoms with Gasteiger partial charge in [-0.25, -0.2) is 0 Å². The highest BCUT2D eigenvalue weighted by atomic mass is 79.9. The van der Waals surface area contributed by atoms with Crippen molar-refractivity contribution in [2.75, 3.05) is 32.7 Å². The van der Waals surface area contributed by atoms with Gasteiger partial charge in [0.15, 0.2) is 0 Å². The Morgan fingerprint density at radius 3 is 2.25 bits per heavy atom. The lowest BCUT2D eigenvalue weighted by atomic mass is 10.2. The van der Waals surface area contributed by atoms with Gasteiger partial charge in [0.1, 0.15) is 0 Å². The van der Waals surface area contributed by atoms with Crippen LogP contribution in [0.4, 0.5) is 0 Å². The second-order valence-electron chi connectivity index (χ2n) is 6.80. The number of hydrogen-bond acceptors (Lipinski definition) is 3. The second kappa shape index (κ2) is 10.0. The molecule has 1 saturated heterocycles. The smallest absolute Gasteiger partial charge is 0.251 e. The topological polar surface area (TPSA) is 52.7 Å². The highest BCUT2D eigenvalue weighted by Gasteiger charge is 2.21. The average Bonchev–Trinajstić information content (AvgIpc) is 2.70. The zero-order valence-electron chi connectivity index (χ0n) is 15.5. The standard InChI is InChI=1S/C21H23BrClN3O2/c22-18-5-3-17(4-6-18)21(28)24-10-9-20(27)26-13-11-25(12-14-26)15-16-1-7-19(23)8-2-16/h1-8H,9-15H2,(H,24,28). The van der Waals surface area contributed by atoms with Crippen LogP contribution in [-0.2, 0) is 11.3 Å². The first-order valence-corrected chi connectivity index (χ1v) is 10.5. The Labute approximate surface area is 178 Å². The van der Waals surface area contributed by atoms with Crippen molar-refractivity contribution in [3.63, 3.8) is 0 Å². The summed E-state index contributed by atoms with van der Waals surface area (Å²) >= 11 is 9.27. The van der Waals surface area contributed by atoms with E-state index in [1.807, 2.05) is 41.3 Å². The van der Waals surface area contributed by atoms with Gasteiger partial charge in [0.25, 0.3) is 5.91 Å². The molecule has 0 atom stereocenters. The Bertz CT molecular complexity index is 803. The number of benzene rings is 2. The molecular weight excluding hydrogens is 442 g/mol. The molecule has 3 rings (SSSR count). The number of amides is 2. The minimum Gasteiger partial charge on any atom is -0.352 e. The molecule has 1 N–H and O–H groups in total. The van der Waals surface area contributed by atoms with E-state index in [0.717, 1.165) is 29.1 Å². The number of nitrogens with zero attached hydrogens (tertiary/aromatic N) is 2. The summed E-state index contributed by atoms with van der Waals surface area (Å²) in [5.41, 5.74) is 1.81. The number of hydrogen-bond donors (Lipinski definition) is 1. The van der Waals surface area contributed by atoms with E-state index >= 15 is 0 Å². The average molecular weight is 465 g/mol. The molecule has 1 fully saturated rings. The van der Waals surface area contributed by atoms with Crippen molar-refractivity contribution >= 4 is 39.3 Å². The zero-order valence-corrected chi connectivity index (χ0v) is 17.9. The maximum atomic E-state index is 12.4. The second-order valence-corrected chi connectivity index (χ2v) is 8.15. The third kappa shape index (κ3) is 6.06. The van der Waals surface area contributed by atoms with E-state index in [2.05, 4.69) is 26.1 Å². The molecule has 1 heterocycles. The normalized spacial score (nSPS) is 14.7. The van der Waals surface area contributed by atoms with Crippen molar-refractivity contribution in [1.29, 1.82) is 0 Å². The van der Waals surface area contributed by atoms with Crippen molar-refractivity contribution in [2.24, 2.45) is 0 Å². The summed E-state index contributed by atoms with van der Waals surface area (Å²) < 4.78 is 0.925. The molecule has 0 saturated carbocycles. The van der Waals surface area contributed by atoms with Crippen LogP contribution in [0.3, 0.4) is 0 Å². The number of halogens is 2. The molecule has 0 unspecified atom stereocenters. The number of nitrogens with one attached hydrogen (secondary N) is 1. The number of rotatable bonds is 6. The Hall–Kier alpha value is -1.89. The van der Waals surface area contributed by atoms with Gasteiger partial charge < -0.3 is 10.2 Å². The van der Waals surface area contributed by atoms with Gasteiger partial charge in [0.2, 0.25) is 5.91 Å². The molecule has 0 aliphatic carbocycles. The molecule has 2 aromatic rings. The van der Waals surface area contributed by atoms with Crippen LogP contribution in [0, 0.1) is 0 Å². The zero-order chi connectivity index (χ0) is 19.9. The van der Waals surface area contributed by atoms with Crippen molar-refractivity contribution in [1.82, 2.24) is 15.1 Å². The molecule has 0 aromatic heterocycles. The fraction of sp³-hybridized carbons (Fsp3) is 0.333. The summed E-state index contributed by atoms with van der Waals surface area (Å²) in [6, 6.07) is 15.0. The van der Waals surface area contributed by atoms with Gasteiger partial charge in [-0.2, -0.15) is 0 Å². The molecule has 0 spiro atoms. The van der Waals surface area contributed by atoms with Gasteiger partial charge in [-0.1, -0.05) is 39.7 Å². The maximum Gasteiger partial charge on any atom is 0.251 e. The molecule has 2 aromatic carbocycles. The number of carbonyl (C=O) groups is 2. The van der Waals surface area contributed by atoms with Crippen molar-refractivity contribution < 1.29 is 9.59 Å². The third-order valence-electron chi connectivity index (χ3n) is 4.78. The van der Waals surface area contributed by atoms with Gasteiger partial charge >= 0.3 is 0 Å². The lowest BCUT2D eigenvalue weighted by Gasteiger charge is -2.34. The maximum absolute atomic E-state index is 12.4. The van der Waals surface area contributed by atoms with E-state index in [0.29, 0.717) is 31.6 Å². The van der Waals surface area contributed by atoms with E-state index in [-0.39, 0.29) is 11.8 Å². The first-order valence-electron chi connectivity index (χ1n) is 9.29. The van der Waals surface area contributed by atoms with Crippen LogP contribution in [0.25, 0.3) is 0 Å². The quantitative estimate of drug-likeness (QED) is 0.711. The highest BCUT2D eigenvalue weighted by Crippen LogP contribution is 2.13. The fourth-order valence-corrected chi connectivity index (χ4v) is 3.54. The van der Waals surface area contributed by atoms with E-state index in [1.54, 1.807) is 12.1 Å². The summed E-state index contributed by atoms with van der Waals surface area (Å²) in [5, 5.41) is 3.55. The van der Waals surface area contributed by atoms with E-state index in [1.165, 1.54) is 5.56 Å². The van der Waals surface area contributed by atoms with E-state index in [4.69, 9.17) is 11.6 Å². The fourth-order valence-electron chi connectivity index (χ4n) is 3.15. The third-order valence-corrected chi connectivity index (χ3v) is 5.56. The lowest BCUT2D eigenvalue weighted by molar-refractivity contribution is -0.132. The molecule has 5 nitrogen and oxygen atoms in total. The molecule has 28 heavy (non-hydrogen) atoms. The van der Waals surface area contributed by atoms with Gasteiger partial charge in [-0.05, 0) is 42.0 Å². The number of carbonyl (C=O) groups excluding carboxylic acids is 2. The number of piperazine rings is 1. The van der Waals surface area contributed by atoms with Gasteiger partial charge in [0, 0.05) is 60.7 Å². The molecule has 0 radical (unpaired) electrons. The Morgan fingerprint density at radius 1 is 0.964 bits per heavy atom. The first kappa shape index (κ1) is 20.8. The highest BCUT2D eigenvalue weighted by molar-refractivity contribution is 9.10. The predicted octanol–water partition coefficient (Wildman–Crippen LogP) is 3.57. The van der Waals surface area contributed by atoms with Crippen LogP contribution in [0.2, 0.25) is 5.02 Å². The van der Waals surface area contributed by atoms with Gasteiger partial charge in [-0.3, -0.25) is 14.5 Å². The summed E-state index contributed by atoms with van der Waals surface area (Å²) in [7, 11) is 0. The van der Waals surface area contributed by atoms with Crippen LogP contribution in [-0.4, -0.2) is 54.3 Å². The Kier molecular flexibility index (Phi) is 7.48. The Balaban J connectivity index is 1.37. The molecule has 0 bridgehead atoms. The molecule has 1 aliphatic heterocycles. The van der Waals surface area contributed by atoms with Crippen LogP contribution in [0.15, 0.2) is 53.0 Å². The van der Waals surface area contributed by atoms with E-state index in [9.17, 15) is 9.59 Å². The predicted molar refractivity (Wildman–Crippen MR) is 114 cm³/mol. The molecule has 2 amide bonds. The lowest BCUT2D eigenvalue weighted by Crippen LogP contribution is -2.48. The minimum atomic E-state index is -0.159. The van der Waals surface area contributed by atoms with Crippen LogP contribution < -0.4 is 5.32 Å². The molecule has 148 valence electrons. The van der Waals surface area contributed by atoms with Crippen molar-refractivity contribution in [3.05, 3.63) is 69.2 Å². The molecule has 7 heteroatoms. The summed E-state index contributed by atoms with van der Waals surface area (Å²) in [6.07, 6.45) is 0.319. The summed E-state index contributed by atoms with van der Waals surface area (Å²) in [6.45, 7) is 4.33.